The molecule has 34 heavy (non-hydrogen) atoms. The van der Waals surface area contributed by atoms with Gasteiger partial charge in [-0.3, -0.25) is 9.59 Å². The number of esters is 1. The lowest BCUT2D eigenvalue weighted by Crippen LogP contribution is -2.43. The van der Waals surface area contributed by atoms with E-state index in [1.807, 2.05) is 26.0 Å². The third-order valence-corrected chi connectivity index (χ3v) is 7.90. The highest BCUT2D eigenvalue weighted by atomic mass is 16.5. The van der Waals surface area contributed by atoms with E-state index in [1.54, 1.807) is 4.90 Å². The number of carbonyl (C=O) groups excluding carboxylic acids is 2. The summed E-state index contributed by atoms with van der Waals surface area (Å²) in [5.41, 5.74) is 0.995. The number of hydrogen-bond donors (Lipinski definition) is 3. The Morgan fingerprint density at radius 3 is 2.59 bits per heavy atom. The molecule has 8 atom stereocenters. The molecular weight excluding hydrogens is 434 g/mol. The summed E-state index contributed by atoms with van der Waals surface area (Å²) in [7, 11) is 0. The summed E-state index contributed by atoms with van der Waals surface area (Å²) in [6.07, 6.45) is 7.96. The molecule has 0 bridgehead atoms. The van der Waals surface area contributed by atoms with Crippen molar-refractivity contribution >= 4 is 11.9 Å². The van der Waals surface area contributed by atoms with Gasteiger partial charge in [-0.2, -0.15) is 0 Å². The molecule has 3 N–H and O–H groups in total. The second kappa shape index (κ2) is 12.3. The zero-order chi connectivity index (χ0) is 24.8. The van der Waals surface area contributed by atoms with Crippen molar-refractivity contribution in [3.8, 4) is 0 Å². The molecule has 7 nitrogen and oxygen atoms in total. The van der Waals surface area contributed by atoms with E-state index >= 15 is 0 Å². The van der Waals surface area contributed by atoms with E-state index in [4.69, 9.17) is 4.74 Å². The van der Waals surface area contributed by atoms with Crippen LogP contribution in [0, 0.1) is 23.7 Å². The predicted molar refractivity (Wildman–Crippen MR) is 130 cm³/mol. The van der Waals surface area contributed by atoms with Crippen molar-refractivity contribution < 1.29 is 29.6 Å². The van der Waals surface area contributed by atoms with Crippen LogP contribution < -0.4 is 0 Å². The molecule has 0 aromatic rings. The second-order valence-electron chi connectivity index (χ2n) is 10.6. The first kappa shape index (κ1) is 26.9. The van der Waals surface area contributed by atoms with Crippen LogP contribution in [-0.4, -0.2) is 69.6 Å². The molecule has 3 rings (SSSR count). The Balaban J connectivity index is 1.59. The van der Waals surface area contributed by atoms with E-state index in [-0.39, 0.29) is 48.4 Å². The molecule has 0 aromatic heterocycles. The fourth-order valence-corrected chi connectivity index (χ4v) is 5.62. The minimum Gasteiger partial charge on any atom is -0.461 e. The van der Waals surface area contributed by atoms with E-state index < -0.39 is 24.4 Å². The summed E-state index contributed by atoms with van der Waals surface area (Å²) >= 11 is 0. The van der Waals surface area contributed by atoms with E-state index in [2.05, 4.69) is 13.0 Å². The molecule has 7 heteroatoms. The van der Waals surface area contributed by atoms with Crippen LogP contribution in [0.15, 0.2) is 23.8 Å². The molecule has 1 saturated heterocycles. The smallest absolute Gasteiger partial charge is 0.308 e. The number of amides is 1. The molecule has 3 aliphatic rings. The summed E-state index contributed by atoms with van der Waals surface area (Å²) < 4.78 is 5.91. The van der Waals surface area contributed by atoms with Gasteiger partial charge in [0.25, 0.3) is 0 Å². The second-order valence-corrected chi connectivity index (χ2v) is 10.6. The maximum Gasteiger partial charge on any atom is 0.308 e. The zero-order valence-corrected chi connectivity index (χ0v) is 20.9. The number of nitrogens with zero attached hydrogens (tertiary/aromatic N) is 1. The fraction of sp³-hybridized carbons (Fsp3) is 0.778. The standard InChI is InChI=1S/C27H43NO6/c1-4-17(2)27(33)34-24-15-21(30)13-19-8-7-18(3)23(26(19)24)10-9-20(29)14-22(31)16-25(32)28-11-5-6-12-28/h7-8,13,17-18,20-24,26,29-31H,4-6,9-12,14-16H2,1-3H3/t17-,18+,20-,21-,22-,23+,24+,26+/m1/s1. The molecule has 0 aromatic carbocycles. The lowest BCUT2D eigenvalue weighted by atomic mass is 9.66. The number of rotatable bonds is 10. The quantitative estimate of drug-likeness (QED) is 0.418. The van der Waals surface area contributed by atoms with Gasteiger partial charge >= 0.3 is 5.97 Å². The highest BCUT2D eigenvalue weighted by molar-refractivity contribution is 5.76. The average molecular weight is 478 g/mol. The van der Waals surface area contributed by atoms with Gasteiger partial charge in [0, 0.05) is 25.4 Å². The number of aliphatic hydroxyl groups excluding tert-OH is 3. The maximum absolute atomic E-state index is 12.5. The Morgan fingerprint density at radius 1 is 1.21 bits per heavy atom. The van der Waals surface area contributed by atoms with Gasteiger partial charge in [0.15, 0.2) is 0 Å². The summed E-state index contributed by atoms with van der Waals surface area (Å²) in [6.45, 7) is 7.46. The molecular formula is C27H43NO6. The Morgan fingerprint density at radius 2 is 1.91 bits per heavy atom. The highest BCUT2D eigenvalue weighted by Gasteiger charge is 2.42. The molecule has 1 amide bonds. The molecule has 0 radical (unpaired) electrons. The van der Waals surface area contributed by atoms with Crippen LogP contribution in [0.2, 0.25) is 0 Å². The first-order valence-electron chi connectivity index (χ1n) is 13.1. The van der Waals surface area contributed by atoms with Gasteiger partial charge in [0.05, 0.1) is 30.7 Å². The van der Waals surface area contributed by atoms with Crippen molar-refractivity contribution in [1.82, 2.24) is 4.90 Å². The first-order valence-corrected chi connectivity index (χ1v) is 13.1. The Bertz CT molecular complexity index is 758. The van der Waals surface area contributed by atoms with Crippen LogP contribution in [0.5, 0.6) is 0 Å². The molecule has 0 saturated carbocycles. The minimum atomic E-state index is -0.851. The Hall–Kier alpha value is -1.70. The normalized spacial score (nSPS) is 31.4. The average Bonchev–Trinajstić information content (AvgIpc) is 3.33. The third kappa shape index (κ3) is 6.92. The van der Waals surface area contributed by atoms with Gasteiger partial charge in [-0.05, 0) is 55.9 Å². The van der Waals surface area contributed by atoms with Gasteiger partial charge in [0.1, 0.15) is 6.10 Å². The van der Waals surface area contributed by atoms with Crippen LogP contribution in [0.1, 0.15) is 72.1 Å². The molecule has 1 aliphatic heterocycles. The molecule has 1 fully saturated rings. The lowest BCUT2D eigenvalue weighted by Gasteiger charge is -2.43. The summed E-state index contributed by atoms with van der Waals surface area (Å²) in [5, 5.41) is 31.3. The van der Waals surface area contributed by atoms with Crippen LogP contribution in [-0.2, 0) is 14.3 Å². The largest absolute Gasteiger partial charge is 0.461 e. The van der Waals surface area contributed by atoms with E-state index in [0.29, 0.717) is 25.7 Å². The number of carbonyl (C=O) groups is 2. The third-order valence-electron chi connectivity index (χ3n) is 7.90. The van der Waals surface area contributed by atoms with Crippen LogP contribution in [0.25, 0.3) is 0 Å². The highest BCUT2D eigenvalue weighted by Crippen LogP contribution is 2.44. The molecule has 2 aliphatic carbocycles. The Labute approximate surface area is 203 Å². The van der Waals surface area contributed by atoms with Crippen LogP contribution in [0.3, 0.4) is 0 Å². The summed E-state index contributed by atoms with van der Waals surface area (Å²) in [6, 6.07) is 0. The van der Waals surface area contributed by atoms with Crippen LogP contribution in [0.4, 0.5) is 0 Å². The van der Waals surface area contributed by atoms with E-state index in [0.717, 1.165) is 31.5 Å². The summed E-state index contributed by atoms with van der Waals surface area (Å²) in [5.74, 6) is -0.0941. The molecule has 192 valence electrons. The zero-order valence-electron chi connectivity index (χ0n) is 20.9. The van der Waals surface area contributed by atoms with Crippen molar-refractivity contribution in [2.45, 2.75) is 96.6 Å². The van der Waals surface area contributed by atoms with E-state index in [1.165, 1.54) is 0 Å². The molecule has 1 heterocycles. The minimum absolute atomic E-state index is 0.0229. The van der Waals surface area contributed by atoms with Crippen molar-refractivity contribution in [2.24, 2.45) is 23.7 Å². The van der Waals surface area contributed by atoms with Crippen LogP contribution >= 0.6 is 0 Å². The van der Waals surface area contributed by atoms with Gasteiger partial charge < -0.3 is 25.0 Å². The first-order chi connectivity index (χ1) is 16.2. The number of fused-ring (bicyclic) bond motifs is 1. The number of ether oxygens (including phenoxy) is 1. The predicted octanol–water partition coefficient (Wildman–Crippen LogP) is 2.98. The maximum atomic E-state index is 12.5. The monoisotopic (exact) mass is 477 g/mol. The number of aliphatic hydroxyl groups is 3. The Kier molecular flexibility index (Phi) is 9.74. The summed E-state index contributed by atoms with van der Waals surface area (Å²) in [4.78, 5) is 26.6. The van der Waals surface area contributed by atoms with Crippen molar-refractivity contribution in [1.29, 1.82) is 0 Å². The van der Waals surface area contributed by atoms with Gasteiger partial charge in [0.2, 0.25) is 5.91 Å². The fourth-order valence-electron chi connectivity index (χ4n) is 5.62. The molecule has 0 unspecified atom stereocenters. The van der Waals surface area contributed by atoms with E-state index in [9.17, 15) is 24.9 Å². The number of likely N-dealkylation sites (tertiary alicyclic amines) is 1. The SMILES string of the molecule is CC[C@@H](C)C(=O)O[C@H]1C[C@H](O)C=C2C=C[C@H](C)[C@H](CC[C@@H](O)C[C@@H](O)CC(=O)N3CCCC3)[C@H]21. The lowest BCUT2D eigenvalue weighted by molar-refractivity contribution is -0.159. The van der Waals surface area contributed by atoms with Gasteiger partial charge in [-0.15, -0.1) is 0 Å². The molecule has 0 spiro atoms. The van der Waals surface area contributed by atoms with Crippen molar-refractivity contribution in [3.05, 3.63) is 23.8 Å². The van der Waals surface area contributed by atoms with Gasteiger partial charge in [-0.25, -0.2) is 0 Å². The van der Waals surface area contributed by atoms with Crippen molar-refractivity contribution in [3.63, 3.8) is 0 Å². The topological polar surface area (TPSA) is 107 Å². The van der Waals surface area contributed by atoms with Gasteiger partial charge in [-0.1, -0.05) is 39.0 Å². The number of allylic oxidation sites excluding steroid dienone is 2. The van der Waals surface area contributed by atoms with Crippen molar-refractivity contribution in [2.75, 3.05) is 13.1 Å². The number of hydrogen-bond acceptors (Lipinski definition) is 6.